The van der Waals surface area contributed by atoms with E-state index in [1.165, 1.54) is 6.07 Å². The first-order valence-corrected chi connectivity index (χ1v) is 4.15. The largest absolute Gasteiger partial charge is 0.416 e. The van der Waals surface area contributed by atoms with E-state index in [1.54, 1.807) is 6.92 Å². The Hall–Kier alpha value is -1.19. The Balaban J connectivity index is 3.07. The first-order valence-electron chi connectivity index (χ1n) is 4.15. The molecule has 0 amide bonds. The van der Waals surface area contributed by atoms with Gasteiger partial charge in [0, 0.05) is 12.2 Å². The van der Waals surface area contributed by atoms with E-state index >= 15 is 0 Å². The summed E-state index contributed by atoms with van der Waals surface area (Å²) in [5.74, 6) is 0. The Labute approximate surface area is 80.9 Å². The van der Waals surface area contributed by atoms with Crippen LogP contribution in [-0.2, 0) is 6.18 Å². The molecule has 1 aromatic rings. The summed E-state index contributed by atoms with van der Waals surface area (Å²) in [6.07, 6.45) is -4.35. The van der Waals surface area contributed by atoms with E-state index < -0.39 is 11.7 Å². The van der Waals surface area contributed by atoms with Gasteiger partial charge in [-0.2, -0.15) is 13.2 Å². The van der Waals surface area contributed by atoms with Crippen molar-refractivity contribution in [1.29, 1.82) is 0 Å². The normalized spacial score (nSPS) is 11.5. The lowest BCUT2D eigenvalue weighted by Crippen LogP contribution is -2.07. The zero-order valence-electron chi connectivity index (χ0n) is 7.65. The molecule has 2 radical (unpaired) electrons. The van der Waals surface area contributed by atoms with Crippen LogP contribution in [0.15, 0.2) is 18.2 Å². The quantitative estimate of drug-likeness (QED) is 0.774. The van der Waals surface area contributed by atoms with Crippen LogP contribution in [-0.4, -0.2) is 6.54 Å². The molecule has 0 aliphatic rings. The summed E-state index contributed by atoms with van der Waals surface area (Å²) in [7, 11) is 0. The van der Waals surface area contributed by atoms with Crippen molar-refractivity contribution in [3.05, 3.63) is 36.2 Å². The molecule has 0 saturated carbocycles. The van der Waals surface area contributed by atoms with Crippen LogP contribution in [0.2, 0.25) is 0 Å². The Morgan fingerprint density at radius 3 is 2.43 bits per heavy atom. The Bertz CT molecular complexity index is 318. The number of halogens is 3. The van der Waals surface area contributed by atoms with Crippen LogP contribution in [0.4, 0.5) is 18.9 Å². The van der Waals surface area contributed by atoms with E-state index in [9.17, 15) is 13.2 Å². The summed E-state index contributed by atoms with van der Waals surface area (Å²) < 4.78 is 36.9. The van der Waals surface area contributed by atoms with Crippen molar-refractivity contribution in [2.24, 2.45) is 0 Å². The molecule has 4 heteroatoms. The third-order valence-corrected chi connectivity index (χ3v) is 1.66. The smallest absolute Gasteiger partial charge is 0.385 e. The summed E-state index contributed by atoms with van der Waals surface area (Å²) in [5, 5.41) is 2.78. The zero-order chi connectivity index (χ0) is 10.8. The van der Waals surface area contributed by atoms with Gasteiger partial charge in [0.1, 0.15) is 0 Å². The molecule has 0 heterocycles. The number of hydrogen-bond acceptors (Lipinski definition) is 1. The van der Waals surface area contributed by atoms with Gasteiger partial charge in [-0.05, 0) is 37.6 Å². The van der Waals surface area contributed by atoms with Crippen LogP contribution in [0.1, 0.15) is 18.1 Å². The first kappa shape index (κ1) is 10.9. The molecule has 0 saturated heterocycles. The highest BCUT2D eigenvalue weighted by atomic mass is 19.4. The van der Waals surface area contributed by atoms with Gasteiger partial charge in [0.2, 0.25) is 0 Å². The molecule has 0 spiro atoms. The second kappa shape index (κ2) is 3.90. The summed E-state index contributed by atoms with van der Waals surface area (Å²) >= 11 is 0. The topological polar surface area (TPSA) is 12.0 Å². The van der Waals surface area contributed by atoms with Gasteiger partial charge in [0.25, 0.3) is 0 Å². The maximum absolute atomic E-state index is 12.3. The molecule has 76 valence electrons. The predicted octanol–water partition coefficient (Wildman–Crippen LogP) is 3.20. The maximum Gasteiger partial charge on any atom is 0.416 e. The minimum Gasteiger partial charge on any atom is -0.385 e. The number of hydrogen-bond donors (Lipinski definition) is 1. The van der Waals surface area contributed by atoms with E-state index in [2.05, 4.69) is 5.32 Å². The van der Waals surface area contributed by atoms with Crippen LogP contribution in [0, 0.1) is 6.92 Å². The van der Waals surface area contributed by atoms with Crippen molar-refractivity contribution in [3.8, 4) is 0 Å². The molecule has 1 rings (SSSR count). The van der Waals surface area contributed by atoms with Crippen molar-refractivity contribution in [2.45, 2.75) is 13.1 Å². The fourth-order valence-electron chi connectivity index (χ4n) is 1.12. The number of nitrogens with one attached hydrogen (secondary N) is 1. The van der Waals surface area contributed by atoms with E-state index in [0.29, 0.717) is 12.2 Å². The third-order valence-electron chi connectivity index (χ3n) is 1.66. The second-order valence-electron chi connectivity index (χ2n) is 2.87. The van der Waals surface area contributed by atoms with Gasteiger partial charge in [-0.15, -0.1) is 0 Å². The van der Waals surface area contributed by atoms with Gasteiger partial charge in [-0.1, -0.05) is 0 Å². The van der Waals surface area contributed by atoms with Crippen LogP contribution in [0.25, 0.3) is 0 Å². The van der Waals surface area contributed by atoms with Crippen LogP contribution >= 0.6 is 0 Å². The molecule has 0 bridgehead atoms. The molecule has 1 aromatic carbocycles. The predicted molar refractivity (Wildman–Crippen MR) is 49.0 cm³/mol. The highest BCUT2D eigenvalue weighted by Gasteiger charge is 2.30. The van der Waals surface area contributed by atoms with Crippen molar-refractivity contribution in [3.63, 3.8) is 0 Å². The Kier molecular flexibility index (Phi) is 3.03. The summed E-state index contributed by atoms with van der Waals surface area (Å²) in [6.45, 7) is 7.70. The van der Waals surface area contributed by atoms with Gasteiger partial charge >= 0.3 is 6.18 Å². The van der Waals surface area contributed by atoms with Crippen LogP contribution < -0.4 is 5.32 Å². The lowest BCUT2D eigenvalue weighted by Gasteiger charge is -2.10. The van der Waals surface area contributed by atoms with E-state index in [-0.39, 0.29) is 5.56 Å². The molecule has 0 fully saturated rings. The number of benzene rings is 1. The highest BCUT2D eigenvalue weighted by Crippen LogP contribution is 2.31. The highest BCUT2D eigenvalue weighted by molar-refractivity contribution is 5.50. The lowest BCUT2D eigenvalue weighted by atomic mass is 10.1. The number of alkyl halides is 3. The average molecular weight is 201 g/mol. The first-order chi connectivity index (χ1) is 6.43. The van der Waals surface area contributed by atoms with Gasteiger partial charge in [-0.25, -0.2) is 0 Å². The van der Waals surface area contributed by atoms with Gasteiger partial charge < -0.3 is 5.32 Å². The second-order valence-corrected chi connectivity index (χ2v) is 2.87. The van der Waals surface area contributed by atoms with Crippen molar-refractivity contribution >= 4 is 5.69 Å². The Morgan fingerprint density at radius 2 is 1.93 bits per heavy atom. The van der Waals surface area contributed by atoms with Crippen molar-refractivity contribution in [1.82, 2.24) is 0 Å². The maximum atomic E-state index is 12.3. The summed E-state index contributed by atoms with van der Waals surface area (Å²) in [4.78, 5) is 0. The van der Waals surface area contributed by atoms with Crippen LogP contribution in [0.5, 0.6) is 0 Å². The molecule has 1 nitrogen and oxygen atoms in total. The van der Waals surface area contributed by atoms with Gasteiger partial charge in [0.15, 0.2) is 0 Å². The monoisotopic (exact) mass is 201 g/mol. The lowest BCUT2D eigenvalue weighted by molar-refractivity contribution is -0.137. The van der Waals surface area contributed by atoms with E-state index in [1.807, 2.05) is 0 Å². The van der Waals surface area contributed by atoms with Crippen molar-refractivity contribution in [2.75, 3.05) is 11.9 Å². The average Bonchev–Trinajstić information content (AvgIpc) is 2.02. The molecular formula is C10H10F3N. The molecule has 0 unspecified atom stereocenters. The SMILES string of the molecule is [CH]c1cc(NCC)cc(C(F)(F)F)c1. The molecule has 1 N–H and O–H groups in total. The van der Waals surface area contributed by atoms with Gasteiger partial charge in [0.05, 0.1) is 5.56 Å². The number of rotatable bonds is 2. The molecule has 0 atom stereocenters. The zero-order valence-corrected chi connectivity index (χ0v) is 7.65. The molecule has 14 heavy (non-hydrogen) atoms. The van der Waals surface area contributed by atoms with E-state index in [4.69, 9.17) is 6.92 Å². The van der Waals surface area contributed by atoms with Crippen molar-refractivity contribution < 1.29 is 13.2 Å². The fraction of sp³-hybridized carbons (Fsp3) is 0.300. The summed E-state index contributed by atoms with van der Waals surface area (Å²) in [6, 6.07) is 3.43. The van der Waals surface area contributed by atoms with Crippen LogP contribution in [0.3, 0.4) is 0 Å². The van der Waals surface area contributed by atoms with E-state index in [0.717, 1.165) is 12.1 Å². The Morgan fingerprint density at radius 1 is 1.29 bits per heavy atom. The minimum absolute atomic E-state index is 0.107. The minimum atomic E-state index is -4.35. The molecular weight excluding hydrogens is 191 g/mol. The molecule has 0 aliphatic carbocycles. The molecule has 0 aliphatic heterocycles. The summed E-state index contributed by atoms with van der Waals surface area (Å²) in [5.41, 5.74) is -0.232. The standard InChI is InChI=1S/C10H10F3N/c1-3-14-9-5-7(2)4-8(6-9)10(11,12)13/h2,4-6,14H,3H2,1H3. The molecule has 0 aromatic heterocycles. The number of anilines is 1. The fourth-order valence-corrected chi connectivity index (χ4v) is 1.12. The van der Waals surface area contributed by atoms with Gasteiger partial charge in [-0.3, -0.25) is 0 Å². The third kappa shape index (κ3) is 2.65.